The molecule has 1 aliphatic rings. The zero-order valence-electron chi connectivity index (χ0n) is 14.2. The van der Waals surface area contributed by atoms with E-state index < -0.39 is 38.9 Å². The standard InChI is InChI=1S/C17H16F3N3O3S/c1-23(11-6-7-27(25,26)9-11)10-2-4-14(21-8-10)17(24)22-13-5-3-12(18)15(19)16(13)20/h2-5,8,11H,6-7,9H2,1H3,(H,22,24). The molecule has 1 aromatic carbocycles. The van der Waals surface area contributed by atoms with E-state index in [1.807, 2.05) is 0 Å². The largest absolute Gasteiger partial charge is 0.369 e. The molecule has 1 fully saturated rings. The van der Waals surface area contributed by atoms with Crippen molar-refractivity contribution >= 4 is 27.1 Å². The van der Waals surface area contributed by atoms with Gasteiger partial charge in [0.25, 0.3) is 5.91 Å². The molecule has 3 rings (SSSR count). The number of benzene rings is 1. The van der Waals surface area contributed by atoms with E-state index in [-0.39, 0.29) is 23.2 Å². The zero-order chi connectivity index (χ0) is 19.8. The normalized spacial score (nSPS) is 18.3. The fraction of sp³-hybridized carbons (Fsp3) is 0.294. The van der Waals surface area contributed by atoms with Gasteiger partial charge in [-0.25, -0.2) is 26.6 Å². The lowest BCUT2D eigenvalue weighted by atomic mass is 10.2. The van der Waals surface area contributed by atoms with Crippen LogP contribution in [0, 0.1) is 17.5 Å². The summed E-state index contributed by atoms with van der Waals surface area (Å²) in [6.07, 6.45) is 1.90. The molecule has 2 heterocycles. The summed E-state index contributed by atoms with van der Waals surface area (Å²) in [5.41, 5.74) is 0.0565. The van der Waals surface area contributed by atoms with Crippen LogP contribution in [0.15, 0.2) is 30.5 Å². The quantitative estimate of drug-likeness (QED) is 0.799. The highest BCUT2D eigenvalue weighted by Gasteiger charge is 2.31. The van der Waals surface area contributed by atoms with Gasteiger partial charge >= 0.3 is 0 Å². The second-order valence-corrected chi connectivity index (χ2v) is 8.48. The van der Waals surface area contributed by atoms with Gasteiger partial charge in [-0.3, -0.25) is 4.79 Å². The van der Waals surface area contributed by atoms with Crippen molar-refractivity contribution in [2.75, 3.05) is 28.8 Å². The van der Waals surface area contributed by atoms with Crippen LogP contribution in [0.4, 0.5) is 24.5 Å². The van der Waals surface area contributed by atoms with Crippen LogP contribution < -0.4 is 10.2 Å². The van der Waals surface area contributed by atoms with Crippen LogP contribution in [0.1, 0.15) is 16.9 Å². The average molecular weight is 399 g/mol. The van der Waals surface area contributed by atoms with Crippen molar-refractivity contribution in [1.82, 2.24) is 4.98 Å². The first-order chi connectivity index (χ1) is 12.7. The van der Waals surface area contributed by atoms with Crippen LogP contribution >= 0.6 is 0 Å². The molecule has 1 amide bonds. The van der Waals surface area contributed by atoms with Crippen molar-refractivity contribution < 1.29 is 26.4 Å². The number of aromatic nitrogens is 1. The minimum absolute atomic E-state index is 0.0567. The maximum Gasteiger partial charge on any atom is 0.274 e. The van der Waals surface area contributed by atoms with Gasteiger partial charge in [-0.1, -0.05) is 0 Å². The molecule has 2 aromatic rings. The highest BCUT2D eigenvalue weighted by Crippen LogP contribution is 2.23. The molecular weight excluding hydrogens is 383 g/mol. The smallest absolute Gasteiger partial charge is 0.274 e. The van der Waals surface area contributed by atoms with Crippen LogP contribution in [0.25, 0.3) is 0 Å². The van der Waals surface area contributed by atoms with Gasteiger partial charge in [0.05, 0.1) is 29.1 Å². The van der Waals surface area contributed by atoms with Crippen molar-refractivity contribution in [3.05, 3.63) is 53.6 Å². The molecular formula is C17H16F3N3O3S. The van der Waals surface area contributed by atoms with Crippen molar-refractivity contribution in [2.45, 2.75) is 12.5 Å². The van der Waals surface area contributed by atoms with Crippen molar-refractivity contribution in [1.29, 1.82) is 0 Å². The molecule has 1 saturated heterocycles. The van der Waals surface area contributed by atoms with Gasteiger partial charge in [0.1, 0.15) is 5.69 Å². The van der Waals surface area contributed by atoms with E-state index in [4.69, 9.17) is 0 Å². The summed E-state index contributed by atoms with van der Waals surface area (Å²) in [6.45, 7) is 0. The Bertz CT molecular complexity index is 981. The zero-order valence-corrected chi connectivity index (χ0v) is 15.1. The summed E-state index contributed by atoms with van der Waals surface area (Å²) in [4.78, 5) is 17.9. The molecule has 1 aromatic heterocycles. The summed E-state index contributed by atoms with van der Waals surface area (Å²) >= 11 is 0. The Labute approximate surface area is 153 Å². The van der Waals surface area contributed by atoms with Crippen LogP contribution in [0.2, 0.25) is 0 Å². The first kappa shape index (κ1) is 19.2. The second-order valence-electron chi connectivity index (χ2n) is 6.25. The number of hydrogen-bond acceptors (Lipinski definition) is 5. The first-order valence-electron chi connectivity index (χ1n) is 8.02. The Hall–Kier alpha value is -2.62. The number of carbonyl (C=O) groups excluding carboxylic acids is 1. The van der Waals surface area contributed by atoms with E-state index in [9.17, 15) is 26.4 Å². The van der Waals surface area contributed by atoms with Gasteiger partial charge in [0.15, 0.2) is 27.3 Å². The molecule has 1 N–H and O–H groups in total. The van der Waals surface area contributed by atoms with Gasteiger partial charge in [0.2, 0.25) is 0 Å². The number of pyridine rings is 1. The number of rotatable bonds is 4. The number of nitrogens with zero attached hydrogens (tertiary/aromatic N) is 2. The highest BCUT2D eigenvalue weighted by atomic mass is 32.2. The number of halogens is 3. The fourth-order valence-electron chi connectivity index (χ4n) is 2.83. The summed E-state index contributed by atoms with van der Waals surface area (Å²) in [6, 6.07) is 4.40. The van der Waals surface area contributed by atoms with E-state index in [0.717, 1.165) is 6.07 Å². The van der Waals surface area contributed by atoms with E-state index in [1.165, 1.54) is 12.3 Å². The van der Waals surface area contributed by atoms with E-state index in [1.54, 1.807) is 18.0 Å². The Kier molecular flexibility index (Phi) is 5.09. The number of sulfone groups is 1. The number of anilines is 2. The third-order valence-electron chi connectivity index (χ3n) is 4.43. The van der Waals surface area contributed by atoms with Crippen LogP contribution in [-0.4, -0.2) is 43.9 Å². The maximum atomic E-state index is 13.6. The molecule has 6 nitrogen and oxygen atoms in total. The monoisotopic (exact) mass is 399 g/mol. The van der Waals surface area contributed by atoms with Crippen LogP contribution in [0.3, 0.4) is 0 Å². The predicted molar refractivity (Wildman–Crippen MR) is 94.0 cm³/mol. The summed E-state index contributed by atoms with van der Waals surface area (Å²) < 4.78 is 63.0. The molecule has 1 aliphatic heterocycles. The number of hydrogen-bond donors (Lipinski definition) is 1. The lowest BCUT2D eigenvalue weighted by molar-refractivity contribution is 0.102. The molecule has 0 radical (unpaired) electrons. The lowest BCUT2D eigenvalue weighted by Crippen LogP contribution is -2.32. The van der Waals surface area contributed by atoms with Gasteiger partial charge in [-0.2, -0.15) is 0 Å². The van der Waals surface area contributed by atoms with Gasteiger partial charge in [-0.15, -0.1) is 0 Å². The molecule has 10 heteroatoms. The Balaban J connectivity index is 1.72. The van der Waals surface area contributed by atoms with Crippen molar-refractivity contribution in [3.63, 3.8) is 0 Å². The number of amides is 1. The average Bonchev–Trinajstić information content (AvgIpc) is 3.01. The predicted octanol–water partition coefficient (Wildman–Crippen LogP) is 2.37. The molecule has 27 heavy (non-hydrogen) atoms. The number of nitrogens with one attached hydrogen (secondary N) is 1. The maximum absolute atomic E-state index is 13.6. The molecule has 0 saturated carbocycles. The SMILES string of the molecule is CN(c1ccc(C(=O)Nc2ccc(F)c(F)c2F)nc1)C1CCS(=O)(=O)C1. The lowest BCUT2D eigenvalue weighted by Gasteiger charge is -2.25. The molecule has 0 aliphatic carbocycles. The van der Waals surface area contributed by atoms with Crippen molar-refractivity contribution in [3.8, 4) is 0 Å². The van der Waals surface area contributed by atoms with Crippen LogP contribution in [-0.2, 0) is 9.84 Å². The van der Waals surface area contributed by atoms with Crippen molar-refractivity contribution in [2.24, 2.45) is 0 Å². The van der Waals surface area contributed by atoms with Gasteiger partial charge in [-0.05, 0) is 30.7 Å². The second kappa shape index (κ2) is 7.18. The van der Waals surface area contributed by atoms with E-state index >= 15 is 0 Å². The molecule has 0 bridgehead atoms. The summed E-state index contributed by atoms with van der Waals surface area (Å²) in [5, 5.41) is 2.13. The topological polar surface area (TPSA) is 79.4 Å². The first-order valence-corrected chi connectivity index (χ1v) is 9.84. The molecule has 1 atom stereocenters. The molecule has 0 spiro atoms. The minimum Gasteiger partial charge on any atom is -0.369 e. The minimum atomic E-state index is -3.03. The Morgan fingerprint density at radius 3 is 2.52 bits per heavy atom. The van der Waals surface area contributed by atoms with Crippen LogP contribution in [0.5, 0.6) is 0 Å². The molecule has 1 unspecified atom stereocenters. The Morgan fingerprint density at radius 2 is 1.93 bits per heavy atom. The highest BCUT2D eigenvalue weighted by molar-refractivity contribution is 7.91. The van der Waals surface area contributed by atoms with Gasteiger partial charge < -0.3 is 10.2 Å². The summed E-state index contributed by atoms with van der Waals surface area (Å²) in [7, 11) is -1.30. The Morgan fingerprint density at radius 1 is 1.19 bits per heavy atom. The van der Waals surface area contributed by atoms with E-state index in [0.29, 0.717) is 18.2 Å². The third kappa shape index (κ3) is 4.05. The fourth-order valence-corrected chi connectivity index (χ4v) is 4.60. The summed E-state index contributed by atoms with van der Waals surface area (Å²) in [5.74, 6) is -5.13. The third-order valence-corrected chi connectivity index (χ3v) is 6.18. The van der Waals surface area contributed by atoms with Gasteiger partial charge in [0, 0.05) is 13.1 Å². The number of carbonyl (C=O) groups is 1. The molecule has 144 valence electrons. The van der Waals surface area contributed by atoms with E-state index in [2.05, 4.69) is 10.3 Å².